The van der Waals surface area contributed by atoms with E-state index in [4.69, 9.17) is 0 Å². The van der Waals surface area contributed by atoms with Gasteiger partial charge in [0.1, 0.15) is 0 Å². The van der Waals surface area contributed by atoms with Gasteiger partial charge in [0.15, 0.2) is 0 Å². The number of amides is 1. The lowest BCUT2D eigenvalue weighted by Crippen LogP contribution is -2.26. The number of fused-ring (bicyclic) bond motifs is 1. The summed E-state index contributed by atoms with van der Waals surface area (Å²) in [5.41, 5.74) is 5.71. The van der Waals surface area contributed by atoms with E-state index in [9.17, 15) is 4.79 Å². The highest BCUT2D eigenvalue weighted by atomic mass is 16.1. The second kappa shape index (κ2) is 5.84. The second-order valence-electron chi connectivity index (χ2n) is 6.12. The standard InChI is InChI=1S/C19H22N2O/c1-13-4-6-15(7-5-13)19(22)20-14(2)16-8-9-18-17(12-16)10-11-21(18)3/h4-9,12,14H,10-11H2,1-3H3,(H,20,22). The van der Waals surface area contributed by atoms with Gasteiger partial charge in [0.05, 0.1) is 6.04 Å². The minimum Gasteiger partial charge on any atom is -0.374 e. The van der Waals surface area contributed by atoms with Crippen LogP contribution < -0.4 is 10.2 Å². The zero-order valence-electron chi connectivity index (χ0n) is 13.4. The Morgan fingerprint density at radius 1 is 1.18 bits per heavy atom. The Hall–Kier alpha value is -2.29. The van der Waals surface area contributed by atoms with Crippen LogP contribution in [0.2, 0.25) is 0 Å². The van der Waals surface area contributed by atoms with Gasteiger partial charge in [-0.2, -0.15) is 0 Å². The number of hydrogen-bond donors (Lipinski definition) is 1. The van der Waals surface area contributed by atoms with Gasteiger partial charge in [0.2, 0.25) is 0 Å². The van der Waals surface area contributed by atoms with Crippen molar-refractivity contribution in [1.29, 1.82) is 0 Å². The third kappa shape index (κ3) is 2.84. The van der Waals surface area contributed by atoms with Crippen molar-refractivity contribution in [3.63, 3.8) is 0 Å². The Labute approximate surface area is 132 Å². The van der Waals surface area contributed by atoms with Crippen LogP contribution in [0.5, 0.6) is 0 Å². The first-order chi connectivity index (χ1) is 10.5. The summed E-state index contributed by atoms with van der Waals surface area (Å²) in [5.74, 6) is -0.0230. The maximum absolute atomic E-state index is 12.3. The van der Waals surface area contributed by atoms with Gasteiger partial charge < -0.3 is 10.2 Å². The van der Waals surface area contributed by atoms with E-state index in [1.807, 2.05) is 38.1 Å². The first-order valence-electron chi connectivity index (χ1n) is 7.76. The van der Waals surface area contributed by atoms with Gasteiger partial charge in [-0.05, 0) is 49.6 Å². The third-order valence-electron chi connectivity index (χ3n) is 4.39. The van der Waals surface area contributed by atoms with Crippen molar-refractivity contribution in [2.24, 2.45) is 0 Å². The van der Waals surface area contributed by atoms with Gasteiger partial charge in [-0.3, -0.25) is 4.79 Å². The summed E-state index contributed by atoms with van der Waals surface area (Å²) in [6, 6.07) is 14.2. The summed E-state index contributed by atoms with van der Waals surface area (Å²) >= 11 is 0. The molecule has 1 atom stereocenters. The lowest BCUT2D eigenvalue weighted by atomic mass is 10.0. The molecule has 1 aliphatic heterocycles. The highest BCUT2D eigenvalue weighted by Crippen LogP contribution is 2.29. The Bertz CT molecular complexity index is 691. The smallest absolute Gasteiger partial charge is 0.251 e. The first kappa shape index (κ1) is 14.6. The second-order valence-corrected chi connectivity index (χ2v) is 6.12. The molecule has 0 saturated heterocycles. The number of hydrogen-bond acceptors (Lipinski definition) is 2. The van der Waals surface area contributed by atoms with Crippen molar-refractivity contribution >= 4 is 11.6 Å². The Morgan fingerprint density at radius 2 is 1.91 bits per heavy atom. The summed E-state index contributed by atoms with van der Waals surface area (Å²) < 4.78 is 0. The van der Waals surface area contributed by atoms with Crippen LogP contribution in [0.4, 0.5) is 5.69 Å². The van der Waals surface area contributed by atoms with E-state index in [0.29, 0.717) is 5.56 Å². The van der Waals surface area contributed by atoms with Crippen molar-refractivity contribution in [3.8, 4) is 0 Å². The maximum atomic E-state index is 12.3. The van der Waals surface area contributed by atoms with E-state index < -0.39 is 0 Å². The normalized spacial score (nSPS) is 14.6. The quantitative estimate of drug-likeness (QED) is 0.940. The summed E-state index contributed by atoms with van der Waals surface area (Å²) in [7, 11) is 2.12. The van der Waals surface area contributed by atoms with Crippen molar-refractivity contribution in [3.05, 3.63) is 64.7 Å². The van der Waals surface area contributed by atoms with Gasteiger partial charge in [-0.15, -0.1) is 0 Å². The summed E-state index contributed by atoms with van der Waals surface area (Å²) in [6.07, 6.45) is 1.08. The van der Waals surface area contributed by atoms with E-state index in [1.54, 1.807) is 0 Å². The lowest BCUT2D eigenvalue weighted by Gasteiger charge is -2.17. The van der Waals surface area contributed by atoms with Gasteiger partial charge in [-0.25, -0.2) is 0 Å². The summed E-state index contributed by atoms with van der Waals surface area (Å²) in [6.45, 7) is 5.13. The number of rotatable bonds is 3. The van der Waals surface area contributed by atoms with Crippen molar-refractivity contribution in [2.45, 2.75) is 26.3 Å². The molecule has 0 aromatic heterocycles. The van der Waals surface area contributed by atoms with Gasteiger partial charge in [0, 0.05) is 24.8 Å². The average molecular weight is 294 g/mol. The molecule has 22 heavy (non-hydrogen) atoms. The van der Waals surface area contributed by atoms with Crippen LogP contribution in [-0.4, -0.2) is 19.5 Å². The Kier molecular flexibility index (Phi) is 3.88. The first-order valence-corrected chi connectivity index (χ1v) is 7.76. The van der Waals surface area contributed by atoms with E-state index in [0.717, 1.165) is 24.1 Å². The zero-order valence-corrected chi connectivity index (χ0v) is 13.4. The molecular weight excluding hydrogens is 272 g/mol. The predicted molar refractivity (Wildman–Crippen MR) is 90.5 cm³/mol. The molecule has 0 fully saturated rings. The van der Waals surface area contributed by atoms with E-state index in [-0.39, 0.29) is 11.9 Å². The molecule has 2 aromatic carbocycles. The topological polar surface area (TPSA) is 32.3 Å². The van der Waals surface area contributed by atoms with E-state index in [1.165, 1.54) is 11.3 Å². The average Bonchev–Trinajstić information content (AvgIpc) is 2.88. The molecule has 114 valence electrons. The molecule has 1 N–H and O–H groups in total. The van der Waals surface area contributed by atoms with E-state index >= 15 is 0 Å². The minimum atomic E-state index is -0.0230. The van der Waals surface area contributed by atoms with Gasteiger partial charge in [-0.1, -0.05) is 29.8 Å². The van der Waals surface area contributed by atoms with Crippen LogP contribution in [0.1, 0.15) is 40.0 Å². The zero-order chi connectivity index (χ0) is 15.7. The summed E-state index contributed by atoms with van der Waals surface area (Å²) in [5, 5.41) is 3.08. The fourth-order valence-corrected chi connectivity index (χ4v) is 2.92. The number of aryl methyl sites for hydroxylation is 1. The van der Waals surface area contributed by atoms with E-state index in [2.05, 4.69) is 35.5 Å². The SMILES string of the molecule is Cc1ccc(C(=O)NC(C)c2ccc3c(c2)CCN3C)cc1. The summed E-state index contributed by atoms with van der Waals surface area (Å²) in [4.78, 5) is 14.6. The number of benzene rings is 2. The number of anilines is 1. The van der Waals surface area contributed by atoms with Crippen LogP contribution in [0.15, 0.2) is 42.5 Å². The number of nitrogens with one attached hydrogen (secondary N) is 1. The Balaban J connectivity index is 1.73. The highest BCUT2D eigenvalue weighted by Gasteiger charge is 2.18. The molecule has 1 amide bonds. The molecule has 0 spiro atoms. The van der Waals surface area contributed by atoms with Crippen molar-refractivity contribution < 1.29 is 4.79 Å². The fraction of sp³-hybridized carbons (Fsp3) is 0.316. The van der Waals surface area contributed by atoms with Crippen LogP contribution in [-0.2, 0) is 6.42 Å². The van der Waals surface area contributed by atoms with Crippen LogP contribution in [0.25, 0.3) is 0 Å². The molecule has 1 heterocycles. The molecular formula is C19H22N2O. The predicted octanol–water partition coefficient (Wildman–Crippen LogP) is 3.48. The maximum Gasteiger partial charge on any atom is 0.251 e. The van der Waals surface area contributed by atoms with Crippen LogP contribution in [0.3, 0.4) is 0 Å². The minimum absolute atomic E-state index is 0.00464. The van der Waals surface area contributed by atoms with Crippen molar-refractivity contribution in [1.82, 2.24) is 5.32 Å². The molecule has 1 aliphatic rings. The monoisotopic (exact) mass is 294 g/mol. The lowest BCUT2D eigenvalue weighted by molar-refractivity contribution is 0.0940. The highest BCUT2D eigenvalue weighted by molar-refractivity contribution is 5.94. The molecule has 0 radical (unpaired) electrons. The van der Waals surface area contributed by atoms with Crippen molar-refractivity contribution in [2.75, 3.05) is 18.5 Å². The molecule has 3 rings (SSSR count). The third-order valence-corrected chi connectivity index (χ3v) is 4.39. The Morgan fingerprint density at radius 3 is 2.64 bits per heavy atom. The fourth-order valence-electron chi connectivity index (χ4n) is 2.92. The molecule has 0 saturated carbocycles. The molecule has 0 bridgehead atoms. The largest absolute Gasteiger partial charge is 0.374 e. The molecule has 3 heteroatoms. The van der Waals surface area contributed by atoms with Crippen LogP contribution >= 0.6 is 0 Å². The van der Waals surface area contributed by atoms with Crippen LogP contribution in [0, 0.1) is 6.92 Å². The number of nitrogens with zero attached hydrogens (tertiary/aromatic N) is 1. The number of likely N-dealkylation sites (N-methyl/N-ethyl adjacent to an activating group) is 1. The molecule has 3 nitrogen and oxygen atoms in total. The van der Waals surface area contributed by atoms with Gasteiger partial charge >= 0.3 is 0 Å². The number of carbonyl (C=O) groups is 1. The molecule has 2 aromatic rings. The molecule has 0 aliphatic carbocycles. The number of carbonyl (C=O) groups excluding carboxylic acids is 1. The van der Waals surface area contributed by atoms with Gasteiger partial charge in [0.25, 0.3) is 5.91 Å². The molecule has 1 unspecified atom stereocenters.